The molecule has 0 spiro atoms. The van der Waals surface area contributed by atoms with E-state index in [1.807, 2.05) is 29.6 Å². The third-order valence-electron chi connectivity index (χ3n) is 3.77. The van der Waals surface area contributed by atoms with E-state index in [9.17, 15) is 0 Å². The summed E-state index contributed by atoms with van der Waals surface area (Å²) in [7, 11) is 0. The smallest absolute Gasteiger partial charge is 0.192 e. The van der Waals surface area contributed by atoms with E-state index in [-0.39, 0.29) is 5.96 Å². The van der Waals surface area contributed by atoms with Crippen molar-refractivity contribution in [2.24, 2.45) is 5.73 Å². The van der Waals surface area contributed by atoms with Crippen LogP contribution in [0.4, 0.5) is 5.13 Å². The summed E-state index contributed by atoms with van der Waals surface area (Å²) in [4.78, 5) is 6.84. The number of thiazole rings is 1. The van der Waals surface area contributed by atoms with Crippen molar-refractivity contribution >= 4 is 22.4 Å². The molecule has 6 nitrogen and oxygen atoms in total. The first-order valence-electron chi connectivity index (χ1n) is 7.73. The molecule has 1 aliphatic rings. The molecule has 23 heavy (non-hydrogen) atoms. The number of ether oxygens (including phenoxy) is 1. The zero-order valence-electron chi connectivity index (χ0n) is 12.9. The first-order chi connectivity index (χ1) is 11.2. The van der Waals surface area contributed by atoms with E-state index in [1.54, 1.807) is 0 Å². The molecule has 0 amide bonds. The molecule has 1 aliphatic heterocycles. The van der Waals surface area contributed by atoms with Gasteiger partial charge in [0.1, 0.15) is 12.4 Å². The zero-order chi connectivity index (χ0) is 16.1. The molecule has 0 unspecified atom stereocenters. The Morgan fingerprint density at radius 1 is 1.30 bits per heavy atom. The minimum atomic E-state index is -0.104. The SMILES string of the molecule is N=C(N)Nc1nc(-c2ccc(OCCN3CCCC3)cc2)cs1. The molecule has 2 aromatic rings. The first-order valence-corrected chi connectivity index (χ1v) is 8.61. The van der Waals surface area contributed by atoms with Crippen molar-refractivity contribution in [3.8, 4) is 17.0 Å². The number of anilines is 1. The quantitative estimate of drug-likeness (QED) is 0.559. The summed E-state index contributed by atoms with van der Waals surface area (Å²) in [6.45, 7) is 4.11. The summed E-state index contributed by atoms with van der Waals surface area (Å²) in [6.07, 6.45) is 2.62. The van der Waals surface area contributed by atoms with Gasteiger partial charge in [0, 0.05) is 17.5 Å². The Hall–Kier alpha value is -2.12. The van der Waals surface area contributed by atoms with Gasteiger partial charge in [0.05, 0.1) is 5.69 Å². The van der Waals surface area contributed by atoms with Gasteiger partial charge in [-0.1, -0.05) is 0 Å². The Bertz CT molecular complexity index is 649. The van der Waals surface area contributed by atoms with E-state index in [0.29, 0.717) is 5.13 Å². The van der Waals surface area contributed by atoms with Gasteiger partial charge in [0.25, 0.3) is 0 Å². The van der Waals surface area contributed by atoms with Crippen molar-refractivity contribution in [2.75, 3.05) is 31.6 Å². The van der Waals surface area contributed by atoms with Crippen molar-refractivity contribution in [1.29, 1.82) is 5.41 Å². The highest BCUT2D eigenvalue weighted by Crippen LogP contribution is 2.26. The molecule has 0 atom stereocenters. The van der Waals surface area contributed by atoms with Crippen LogP contribution in [-0.2, 0) is 0 Å². The lowest BCUT2D eigenvalue weighted by Gasteiger charge is -2.14. The number of rotatable bonds is 6. The van der Waals surface area contributed by atoms with Crippen LogP contribution in [0, 0.1) is 5.41 Å². The predicted molar refractivity (Wildman–Crippen MR) is 94.3 cm³/mol. The number of benzene rings is 1. The molecule has 1 saturated heterocycles. The third kappa shape index (κ3) is 4.43. The number of nitrogens with zero attached hydrogens (tertiary/aromatic N) is 2. The van der Waals surface area contributed by atoms with Crippen LogP contribution in [0.15, 0.2) is 29.6 Å². The number of hydrogen-bond acceptors (Lipinski definition) is 5. The third-order valence-corrected chi connectivity index (χ3v) is 4.53. The number of nitrogens with two attached hydrogens (primary N) is 1. The lowest BCUT2D eigenvalue weighted by molar-refractivity contribution is 0.238. The molecule has 0 radical (unpaired) electrons. The largest absolute Gasteiger partial charge is 0.492 e. The lowest BCUT2D eigenvalue weighted by atomic mass is 10.2. The van der Waals surface area contributed by atoms with Gasteiger partial charge < -0.3 is 15.8 Å². The molecule has 2 heterocycles. The van der Waals surface area contributed by atoms with Crippen molar-refractivity contribution < 1.29 is 4.74 Å². The highest BCUT2D eigenvalue weighted by atomic mass is 32.1. The molecular weight excluding hydrogens is 310 g/mol. The molecule has 3 rings (SSSR count). The van der Waals surface area contributed by atoms with Crippen LogP contribution < -0.4 is 15.8 Å². The number of likely N-dealkylation sites (tertiary alicyclic amines) is 1. The monoisotopic (exact) mass is 331 g/mol. The van der Waals surface area contributed by atoms with Crippen LogP contribution in [-0.4, -0.2) is 42.1 Å². The summed E-state index contributed by atoms with van der Waals surface area (Å²) in [5.41, 5.74) is 7.18. The van der Waals surface area contributed by atoms with Gasteiger partial charge in [0.2, 0.25) is 0 Å². The average Bonchev–Trinajstić information content (AvgIpc) is 3.19. The highest BCUT2D eigenvalue weighted by Gasteiger charge is 2.11. The Balaban J connectivity index is 1.53. The van der Waals surface area contributed by atoms with Gasteiger partial charge in [-0.25, -0.2) is 4.98 Å². The Morgan fingerprint density at radius 2 is 2.04 bits per heavy atom. The predicted octanol–water partition coefficient (Wildman–Crippen LogP) is 2.59. The maximum absolute atomic E-state index is 7.21. The summed E-state index contributed by atoms with van der Waals surface area (Å²) < 4.78 is 5.80. The average molecular weight is 331 g/mol. The molecule has 4 N–H and O–H groups in total. The molecule has 1 aromatic carbocycles. The maximum atomic E-state index is 7.21. The fourth-order valence-electron chi connectivity index (χ4n) is 2.60. The zero-order valence-corrected chi connectivity index (χ0v) is 13.7. The molecule has 122 valence electrons. The van der Waals surface area contributed by atoms with Gasteiger partial charge in [-0.2, -0.15) is 0 Å². The summed E-state index contributed by atoms with van der Waals surface area (Å²) in [6, 6.07) is 7.93. The van der Waals surface area contributed by atoms with Crippen molar-refractivity contribution in [1.82, 2.24) is 9.88 Å². The van der Waals surface area contributed by atoms with Gasteiger partial charge in [-0.05, 0) is 50.2 Å². The van der Waals surface area contributed by atoms with Crippen LogP contribution in [0.2, 0.25) is 0 Å². The van der Waals surface area contributed by atoms with E-state index >= 15 is 0 Å². The molecule has 0 saturated carbocycles. The molecule has 1 fully saturated rings. The second kappa shape index (κ2) is 7.43. The Morgan fingerprint density at radius 3 is 2.74 bits per heavy atom. The van der Waals surface area contributed by atoms with E-state index < -0.39 is 0 Å². The topological polar surface area (TPSA) is 87.3 Å². The van der Waals surface area contributed by atoms with Crippen LogP contribution in [0.1, 0.15) is 12.8 Å². The van der Waals surface area contributed by atoms with Crippen molar-refractivity contribution in [3.05, 3.63) is 29.6 Å². The molecule has 0 bridgehead atoms. The number of aromatic nitrogens is 1. The fraction of sp³-hybridized carbons (Fsp3) is 0.375. The summed E-state index contributed by atoms with van der Waals surface area (Å²) >= 11 is 1.43. The second-order valence-corrected chi connectivity index (χ2v) is 6.36. The Labute approximate surface area is 139 Å². The number of nitrogens with one attached hydrogen (secondary N) is 2. The van der Waals surface area contributed by atoms with Crippen molar-refractivity contribution in [3.63, 3.8) is 0 Å². The van der Waals surface area contributed by atoms with Gasteiger partial charge in [-0.3, -0.25) is 10.3 Å². The van der Waals surface area contributed by atoms with Crippen LogP contribution in [0.5, 0.6) is 5.75 Å². The van der Waals surface area contributed by atoms with E-state index in [4.69, 9.17) is 15.9 Å². The van der Waals surface area contributed by atoms with Gasteiger partial charge >= 0.3 is 0 Å². The summed E-state index contributed by atoms with van der Waals surface area (Å²) in [5, 5.41) is 12.5. The van der Waals surface area contributed by atoms with Gasteiger partial charge in [-0.15, -0.1) is 11.3 Å². The molecular formula is C16H21N5OS. The second-order valence-electron chi connectivity index (χ2n) is 5.50. The molecule has 7 heteroatoms. The number of guanidine groups is 1. The van der Waals surface area contributed by atoms with Gasteiger partial charge in [0.15, 0.2) is 11.1 Å². The van der Waals surface area contributed by atoms with Crippen LogP contribution >= 0.6 is 11.3 Å². The van der Waals surface area contributed by atoms with Crippen LogP contribution in [0.3, 0.4) is 0 Å². The van der Waals surface area contributed by atoms with E-state index in [0.717, 1.165) is 30.2 Å². The minimum Gasteiger partial charge on any atom is -0.492 e. The van der Waals surface area contributed by atoms with Crippen molar-refractivity contribution in [2.45, 2.75) is 12.8 Å². The summed E-state index contributed by atoms with van der Waals surface area (Å²) in [5.74, 6) is 0.776. The van der Waals surface area contributed by atoms with E-state index in [2.05, 4.69) is 15.2 Å². The first kappa shape index (κ1) is 15.8. The minimum absolute atomic E-state index is 0.104. The Kier molecular flexibility index (Phi) is 5.09. The maximum Gasteiger partial charge on any atom is 0.192 e. The van der Waals surface area contributed by atoms with Crippen LogP contribution in [0.25, 0.3) is 11.3 Å². The lowest BCUT2D eigenvalue weighted by Crippen LogP contribution is -2.25. The fourth-order valence-corrected chi connectivity index (χ4v) is 3.33. The highest BCUT2D eigenvalue weighted by molar-refractivity contribution is 7.14. The standard InChI is InChI=1S/C16H21N5OS/c17-15(18)20-16-19-14(11-23-16)12-3-5-13(6-4-12)22-10-9-21-7-1-2-8-21/h3-6,11H,1-2,7-10H2,(H4,17,18,19,20). The molecule has 0 aliphatic carbocycles. The van der Waals surface area contributed by atoms with E-state index in [1.165, 1.54) is 37.3 Å². The normalized spacial score (nSPS) is 14.8. The molecule has 1 aromatic heterocycles. The number of hydrogen-bond donors (Lipinski definition) is 3.